The van der Waals surface area contributed by atoms with Gasteiger partial charge in [0.15, 0.2) is 5.82 Å². The third kappa shape index (κ3) is 3.10. The van der Waals surface area contributed by atoms with Crippen molar-refractivity contribution in [1.29, 1.82) is 0 Å². The van der Waals surface area contributed by atoms with Gasteiger partial charge in [0, 0.05) is 16.9 Å². The number of carbonyl (C=O) groups excluding carboxylic acids is 1. The van der Waals surface area contributed by atoms with E-state index in [0.717, 1.165) is 11.3 Å². The molecule has 0 aliphatic heterocycles. The van der Waals surface area contributed by atoms with Crippen LogP contribution in [0.3, 0.4) is 0 Å². The second-order valence-corrected chi connectivity index (χ2v) is 5.70. The molecule has 1 aromatic heterocycles. The van der Waals surface area contributed by atoms with Gasteiger partial charge in [0.05, 0.1) is 0 Å². The molecular formula is C21H16N4O. The van der Waals surface area contributed by atoms with Gasteiger partial charge in [-0.3, -0.25) is 9.36 Å². The summed E-state index contributed by atoms with van der Waals surface area (Å²) in [5, 5.41) is 11.3. The van der Waals surface area contributed by atoms with Gasteiger partial charge in [-0.25, -0.2) is 0 Å². The fraction of sp³-hybridized carbons (Fsp3) is 0. The van der Waals surface area contributed by atoms with Gasteiger partial charge in [0.1, 0.15) is 0 Å². The molecule has 0 unspecified atom stereocenters. The van der Waals surface area contributed by atoms with Crippen LogP contribution in [0.25, 0.3) is 17.1 Å². The van der Waals surface area contributed by atoms with Gasteiger partial charge in [-0.05, 0) is 24.3 Å². The smallest absolute Gasteiger partial charge is 0.293 e. The minimum Gasteiger partial charge on any atom is -0.319 e. The van der Waals surface area contributed by atoms with E-state index >= 15 is 0 Å². The van der Waals surface area contributed by atoms with Gasteiger partial charge >= 0.3 is 0 Å². The van der Waals surface area contributed by atoms with Crippen LogP contribution in [0.15, 0.2) is 91.0 Å². The Hall–Kier alpha value is -3.73. The van der Waals surface area contributed by atoms with Gasteiger partial charge in [-0.2, -0.15) is 0 Å². The maximum atomic E-state index is 12.8. The molecule has 0 atom stereocenters. The van der Waals surface area contributed by atoms with Crippen LogP contribution in [0.5, 0.6) is 0 Å². The number of anilines is 1. The normalized spacial score (nSPS) is 10.5. The number of hydrogen-bond acceptors (Lipinski definition) is 3. The molecule has 4 aromatic rings. The van der Waals surface area contributed by atoms with Crippen molar-refractivity contribution in [1.82, 2.24) is 14.8 Å². The number of amides is 1. The first-order valence-electron chi connectivity index (χ1n) is 8.25. The summed E-state index contributed by atoms with van der Waals surface area (Å²) in [5.41, 5.74) is 2.43. The second-order valence-electron chi connectivity index (χ2n) is 5.70. The highest BCUT2D eigenvalue weighted by atomic mass is 16.2. The van der Waals surface area contributed by atoms with Crippen LogP contribution in [0.2, 0.25) is 0 Å². The summed E-state index contributed by atoms with van der Waals surface area (Å²) in [6.45, 7) is 0. The maximum Gasteiger partial charge on any atom is 0.293 e. The molecule has 0 aliphatic carbocycles. The van der Waals surface area contributed by atoms with Crippen LogP contribution in [-0.4, -0.2) is 20.7 Å². The van der Waals surface area contributed by atoms with Gasteiger partial charge in [-0.1, -0.05) is 66.7 Å². The Morgan fingerprint density at radius 3 is 1.96 bits per heavy atom. The molecule has 0 saturated carbocycles. The van der Waals surface area contributed by atoms with Crippen LogP contribution < -0.4 is 5.32 Å². The molecule has 1 heterocycles. The number of nitrogens with zero attached hydrogens (tertiary/aromatic N) is 3. The number of nitrogens with one attached hydrogen (secondary N) is 1. The van der Waals surface area contributed by atoms with E-state index in [1.54, 1.807) is 4.57 Å². The van der Waals surface area contributed by atoms with Crippen molar-refractivity contribution in [2.75, 3.05) is 5.32 Å². The number of carbonyl (C=O) groups is 1. The van der Waals surface area contributed by atoms with Crippen molar-refractivity contribution in [3.63, 3.8) is 0 Å². The van der Waals surface area contributed by atoms with E-state index in [1.165, 1.54) is 0 Å². The molecule has 5 heteroatoms. The summed E-state index contributed by atoms with van der Waals surface area (Å²) in [6.07, 6.45) is 0. The van der Waals surface area contributed by atoms with Crippen LogP contribution in [-0.2, 0) is 0 Å². The highest BCUT2D eigenvalue weighted by molar-refractivity contribution is 6.02. The zero-order chi connectivity index (χ0) is 17.8. The molecule has 0 radical (unpaired) electrons. The highest BCUT2D eigenvalue weighted by Gasteiger charge is 2.21. The predicted octanol–water partition coefficient (Wildman–Crippen LogP) is 4.19. The SMILES string of the molecule is O=C(Nc1ccccc1)c1nnc(-c2ccccc2)n1-c1ccccc1. The molecule has 5 nitrogen and oxygen atoms in total. The van der Waals surface area contributed by atoms with Crippen molar-refractivity contribution >= 4 is 11.6 Å². The van der Waals surface area contributed by atoms with Crippen LogP contribution in [0.4, 0.5) is 5.69 Å². The summed E-state index contributed by atoms with van der Waals surface area (Å²) >= 11 is 0. The molecule has 4 rings (SSSR count). The molecule has 0 spiro atoms. The first-order valence-corrected chi connectivity index (χ1v) is 8.25. The topological polar surface area (TPSA) is 59.8 Å². The number of para-hydroxylation sites is 2. The molecule has 0 bridgehead atoms. The fourth-order valence-electron chi connectivity index (χ4n) is 2.74. The van der Waals surface area contributed by atoms with Crippen molar-refractivity contribution in [3.8, 4) is 17.1 Å². The Morgan fingerprint density at radius 1 is 0.731 bits per heavy atom. The molecule has 0 aliphatic rings. The van der Waals surface area contributed by atoms with E-state index in [0.29, 0.717) is 11.5 Å². The molecule has 1 amide bonds. The monoisotopic (exact) mass is 340 g/mol. The van der Waals surface area contributed by atoms with E-state index in [-0.39, 0.29) is 11.7 Å². The molecule has 26 heavy (non-hydrogen) atoms. The third-order valence-corrected chi connectivity index (χ3v) is 3.94. The van der Waals surface area contributed by atoms with Crippen LogP contribution in [0, 0.1) is 0 Å². The predicted molar refractivity (Wildman–Crippen MR) is 101 cm³/mol. The number of aromatic nitrogens is 3. The lowest BCUT2D eigenvalue weighted by Gasteiger charge is -2.10. The average Bonchev–Trinajstić information content (AvgIpc) is 3.15. The lowest BCUT2D eigenvalue weighted by Crippen LogP contribution is -2.18. The summed E-state index contributed by atoms with van der Waals surface area (Å²) in [6, 6.07) is 28.6. The Bertz CT molecular complexity index is 1010. The molecule has 126 valence electrons. The van der Waals surface area contributed by atoms with Gasteiger partial charge in [0.2, 0.25) is 5.82 Å². The van der Waals surface area contributed by atoms with E-state index in [9.17, 15) is 4.79 Å². The van der Waals surface area contributed by atoms with Gasteiger partial charge in [-0.15, -0.1) is 10.2 Å². The average molecular weight is 340 g/mol. The Morgan fingerprint density at radius 2 is 1.31 bits per heavy atom. The Kier molecular flexibility index (Phi) is 4.26. The molecule has 1 N–H and O–H groups in total. The first-order chi connectivity index (χ1) is 12.8. The Labute approximate surface area is 151 Å². The number of hydrogen-bond donors (Lipinski definition) is 1. The summed E-state index contributed by atoms with van der Waals surface area (Å²) in [7, 11) is 0. The zero-order valence-electron chi connectivity index (χ0n) is 13.9. The van der Waals surface area contributed by atoms with Crippen LogP contribution >= 0.6 is 0 Å². The van der Waals surface area contributed by atoms with E-state index in [4.69, 9.17) is 0 Å². The van der Waals surface area contributed by atoms with E-state index < -0.39 is 0 Å². The minimum absolute atomic E-state index is 0.235. The first kappa shape index (κ1) is 15.8. The second kappa shape index (κ2) is 7.03. The lowest BCUT2D eigenvalue weighted by atomic mass is 10.2. The van der Waals surface area contributed by atoms with Crippen molar-refractivity contribution in [2.24, 2.45) is 0 Å². The minimum atomic E-state index is -0.310. The molecule has 0 fully saturated rings. The standard InChI is InChI=1S/C21H16N4O/c26-21(22-17-12-6-2-7-13-17)20-24-23-19(16-10-4-1-5-11-16)25(20)18-14-8-3-9-15-18/h1-15H,(H,22,26). The lowest BCUT2D eigenvalue weighted by molar-refractivity contribution is 0.101. The zero-order valence-corrected chi connectivity index (χ0v) is 13.9. The third-order valence-electron chi connectivity index (χ3n) is 3.94. The van der Waals surface area contributed by atoms with Crippen molar-refractivity contribution < 1.29 is 4.79 Å². The largest absolute Gasteiger partial charge is 0.319 e. The molecule has 3 aromatic carbocycles. The summed E-state index contributed by atoms with van der Waals surface area (Å²) in [4.78, 5) is 12.8. The van der Waals surface area contributed by atoms with Gasteiger partial charge < -0.3 is 5.32 Å². The van der Waals surface area contributed by atoms with Crippen molar-refractivity contribution in [3.05, 3.63) is 96.8 Å². The number of benzene rings is 3. The molecule has 0 saturated heterocycles. The number of rotatable bonds is 4. The van der Waals surface area contributed by atoms with E-state index in [1.807, 2.05) is 91.0 Å². The van der Waals surface area contributed by atoms with Crippen LogP contribution in [0.1, 0.15) is 10.6 Å². The Balaban J connectivity index is 1.80. The van der Waals surface area contributed by atoms with E-state index in [2.05, 4.69) is 15.5 Å². The fourth-order valence-corrected chi connectivity index (χ4v) is 2.74. The summed E-state index contributed by atoms with van der Waals surface area (Å²) in [5.74, 6) is 0.545. The van der Waals surface area contributed by atoms with Gasteiger partial charge in [0.25, 0.3) is 5.91 Å². The maximum absolute atomic E-state index is 12.8. The summed E-state index contributed by atoms with van der Waals surface area (Å²) < 4.78 is 1.77. The molecular weight excluding hydrogens is 324 g/mol. The van der Waals surface area contributed by atoms with Crippen molar-refractivity contribution in [2.45, 2.75) is 0 Å². The highest BCUT2D eigenvalue weighted by Crippen LogP contribution is 2.23. The quantitative estimate of drug-likeness (QED) is 0.606.